The van der Waals surface area contributed by atoms with Crippen molar-refractivity contribution < 1.29 is 23.6 Å². The Hall–Kier alpha value is -2.81. The second-order valence-electron chi connectivity index (χ2n) is 6.21. The van der Waals surface area contributed by atoms with Crippen LogP contribution in [-0.2, 0) is 4.74 Å². The lowest BCUT2D eigenvalue weighted by Gasteiger charge is -2.22. The van der Waals surface area contributed by atoms with Gasteiger partial charge in [-0.3, -0.25) is 0 Å². The molecule has 1 saturated heterocycles. The van der Waals surface area contributed by atoms with Gasteiger partial charge in [0.05, 0.1) is 12.6 Å². The Bertz CT molecular complexity index is 713. The SMILES string of the molecule is Cc1nonc1OCCNC(=O)Nc1ccc(OC[C@H]2CCCCO2)cc1. The van der Waals surface area contributed by atoms with Gasteiger partial charge in [0.15, 0.2) is 0 Å². The molecule has 1 aromatic heterocycles. The molecule has 2 amide bonds. The minimum Gasteiger partial charge on any atom is -0.491 e. The van der Waals surface area contributed by atoms with Gasteiger partial charge < -0.3 is 24.8 Å². The van der Waals surface area contributed by atoms with Gasteiger partial charge in [-0.15, -0.1) is 0 Å². The van der Waals surface area contributed by atoms with Gasteiger partial charge >= 0.3 is 6.03 Å². The van der Waals surface area contributed by atoms with Crippen LogP contribution in [0.1, 0.15) is 25.0 Å². The van der Waals surface area contributed by atoms with E-state index in [1.807, 2.05) is 12.1 Å². The van der Waals surface area contributed by atoms with Crippen molar-refractivity contribution in [2.24, 2.45) is 0 Å². The number of nitrogens with zero attached hydrogens (tertiary/aromatic N) is 2. The highest BCUT2D eigenvalue weighted by Crippen LogP contribution is 2.18. The second kappa shape index (κ2) is 9.77. The van der Waals surface area contributed by atoms with E-state index in [9.17, 15) is 4.79 Å². The number of aryl methyl sites for hydroxylation is 1. The number of carbonyl (C=O) groups excluding carboxylic acids is 1. The summed E-state index contributed by atoms with van der Waals surface area (Å²) in [4.78, 5) is 11.9. The van der Waals surface area contributed by atoms with Crippen LogP contribution in [0, 0.1) is 6.92 Å². The molecule has 27 heavy (non-hydrogen) atoms. The van der Waals surface area contributed by atoms with Crippen molar-refractivity contribution in [1.29, 1.82) is 0 Å². The van der Waals surface area contributed by atoms with E-state index in [1.54, 1.807) is 19.1 Å². The quantitative estimate of drug-likeness (QED) is 0.682. The number of ether oxygens (including phenoxy) is 3. The van der Waals surface area contributed by atoms with E-state index >= 15 is 0 Å². The minimum absolute atomic E-state index is 0.168. The fraction of sp³-hybridized carbons (Fsp3) is 0.500. The third-order valence-corrected chi connectivity index (χ3v) is 4.06. The lowest BCUT2D eigenvalue weighted by molar-refractivity contribution is -0.0110. The molecule has 2 aromatic rings. The number of nitrogens with one attached hydrogen (secondary N) is 2. The summed E-state index contributed by atoms with van der Waals surface area (Å²) in [5.74, 6) is 1.08. The van der Waals surface area contributed by atoms with E-state index < -0.39 is 0 Å². The largest absolute Gasteiger partial charge is 0.491 e. The fourth-order valence-electron chi connectivity index (χ4n) is 2.60. The molecule has 0 bridgehead atoms. The molecule has 3 rings (SSSR count). The maximum Gasteiger partial charge on any atom is 0.319 e. The van der Waals surface area contributed by atoms with Crippen molar-refractivity contribution in [2.75, 3.05) is 31.7 Å². The lowest BCUT2D eigenvalue weighted by atomic mass is 10.1. The molecule has 9 heteroatoms. The molecule has 1 aliphatic rings. The molecule has 1 aliphatic heterocycles. The first kappa shape index (κ1) is 19.0. The van der Waals surface area contributed by atoms with Crippen LogP contribution in [0.4, 0.5) is 10.5 Å². The average Bonchev–Trinajstić information content (AvgIpc) is 3.10. The van der Waals surface area contributed by atoms with Crippen LogP contribution in [0.15, 0.2) is 28.9 Å². The predicted octanol–water partition coefficient (Wildman–Crippen LogP) is 2.53. The number of rotatable bonds is 8. The Labute approximate surface area is 157 Å². The Kier molecular flexibility index (Phi) is 6.86. The molecule has 1 aromatic carbocycles. The first-order chi connectivity index (χ1) is 13.2. The van der Waals surface area contributed by atoms with Gasteiger partial charge in [-0.05, 0) is 55.6 Å². The fourth-order valence-corrected chi connectivity index (χ4v) is 2.60. The van der Waals surface area contributed by atoms with Crippen LogP contribution in [-0.4, -0.2) is 48.8 Å². The number of anilines is 1. The zero-order valence-electron chi connectivity index (χ0n) is 15.3. The van der Waals surface area contributed by atoms with Gasteiger partial charge in [-0.1, -0.05) is 5.16 Å². The molecule has 2 heterocycles. The Morgan fingerprint density at radius 3 is 2.78 bits per heavy atom. The van der Waals surface area contributed by atoms with E-state index in [-0.39, 0.29) is 18.7 Å². The summed E-state index contributed by atoms with van der Waals surface area (Å²) in [6.07, 6.45) is 3.52. The average molecular weight is 376 g/mol. The van der Waals surface area contributed by atoms with E-state index in [0.717, 1.165) is 25.2 Å². The van der Waals surface area contributed by atoms with E-state index in [0.29, 0.717) is 30.4 Å². The summed E-state index contributed by atoms with van der Waals surface area (Å²) >= 11 is 0. The number of carbonyl (C=O) groups is 1. The van der Waals surface area contributed by atoms with Crippen molar-refractivity contribution in [3.8, 4) is 11.6 Å². The summed E-state index contributed by atoms with van der Waals surface area (Å²) in [6, 6.07) is 6.90. The third-order valence-electron chi connectivity index (χ3n) is 4.06. The van der Waals surface area contributed by atoms with Gasteiger partial charge in [-0.25, -0.2) is 9.42 Å². The Morgan fingerprint density at radius 1 is 1.22 bits per heavy atom. The lowest BCUT2D eigenvalue weighted by Crippen LogP contribution is -2.32. The van der Waals surface area contributed by atoms with E-state index in [1.165, 1.54) is 6.42 Å². The maximum absolute atomic E-state index is 11.9. The van der Waals surface area contributed by atoms with Crippen LogP contribution in [0.3, 0.4) is 0 Å². The van der Waals surface area contributed by atoms with Gasteiger partial charge in [0.2, 0.25) is 0 Å². The summed E-state index contributed by atoms with van der Waals surface area (Å²) in [6.45, 7) is 3.67. The highest BCUT2D eigenvalue weighted by molar-refractivity contribution is 5.89. The van der Waals surface area contributed by atoms with Crippen molar-refractivity contribution in [3.05, 3.63) is 30.0 Å². The molecule has 9 nitrogen and oxygen atoms in total. The van der Waals surface area contributed by atoms with Crippen LogP contribution < -0.4 is 20.1 Å². The molecular weight excluding hydrogens is 352 g/mol. The monoisotopic (exact) mass is 376 g/mol. The highest BCUT2D eigenvalue weighted by atomic mass is 16.6. The summed E-state index contributed by atoms with van der Waals surface area (Å²) in [5.41, 5.74) is 1.24. The van der Waals surface area contributed by atoms with Crippen LogP contribution in [0.5, 0.6) is 11.6 Å². The van der Waals surface area contributed by atoms with Crippen LogP contribution >= 0.6 is 0 Å². The topological polar surface area (TPSA) is 108 Å². The number of benzene rings is 1. The van der Waals surface area contributed by atoms with Crippen molar-refractivity contribution in [1.82, 2.24) is 15.6 Å². The summed E-state index contributed by atoms with van der Waals surface area (Å²) in [7, 11) is 0. The number of hydrogen-bond acceptors (Lipinski definition) is 7. The van der Waals surface area contributed by atoms with Gasteiger partial charge in [-0.2, -0.15) is 0 Å². The van der Waals surface area contributed by atoms with Gasteiger partial charge in [0.1, 0.15) is 24.7 Å². The van der Waals surface area contributed by atoms with Crippen LogP contribution in [0.2, 0.25) is 0 Å². The molecule has 0 aliphatic carbocycles. The number of hydrogen-bond donors (Lipinski definition) is 2. The molecule has 2 N–H and O–H groups in total. The standard InChI is InChI=1S/C18H24N4O5/c1-13-17(22-27-21-13)25-11-9-19-18(23)20-14-5-7-15(8-6-14)26-12-16-4-2-3-10-24-16/h5-8,16H,2-4,9-12H2,1H3,(H2,19,20,23)/t16-/m1/s1. The van der Waals surface area contributed by atoms with Gasteiger partial charge in [0.25, 0.3) is 5.88 Å². The van der Waals surface area contributed by atoms with Crippen molar-refractivity contribution >= 4 is 11.7 Å². The minimum atomic E-state index is -0.321. The molecular formula is C18H24N4O5. The molecule has 146 valence electrons. The zero-order chi connectivity index (χ0) is 18.9. The summed E-state index contributed by atoms with van der Waals surface area (Å²) in [5, 5.41) is 12.6. The molecule has 0 spiro atoms. The Morgan fingerprint density at radius 2 is 2.07 bits per heavy atom. The van der Waals surface area contributed by atoms with Crippen LogP contribution in [0.25, 0.3) is 0 Å². The molecule has 0 saturated carbocycles. The molecule has 0 unspecified atom stereocenters. The molecule has 1 atom stereocenters. The number of urea groups is 1. The van der Waals surface area contributed by atoms with Crippen molar-refractivity contribution in [2.45, 2.75) is 32.3 Å². The predicted molar refractivity (Wildman–Crippen MR) is 97.1 cm³/mol. The third kappa shape index (κ3) is 6.14. The smallest absolute Gasteiger partial charge is 0.319 e. The number of amides is 2. The normalized spacial score (nSPS) is 16.6. The van der Waals surface area contributed by atoms with Crippen molar-refractivity contribution in [3.63, 3.8) is 0 Å². The van der Waals surface area contributed by atoms with E-state index in [4.69, 9.17) is 14.2 Å². The summed E-state index contributed by atoms with van der Waals surface area (Å²) < 4.78 is 21.2. The number of aromatic nitrogens is 2. The Balaban J connectivity index is 1.33. The van der Waals surface area contributed by atoms with Gasteiger partial charge in [0, 0.05) is 12.3 Å². The highest BCUT2D eigenvalue weighted by Gasteiger charge is 2.14. The zero-order valence-corrected chi connectivity index (χ0v) is 15.3. The first-order valence-electron chi connectivity index (χ1n) is 9.02. The molecule has 1 fully saturated rings. The first-order valence-corrected chi connectivity index (χ1v) is 9.02. The second-order valence-corrected chi connectivity index (χ2v) is 6.21. The molecule has 0 radical (unpaired) electrons. The van der Waals surface area contributed by atoms with E-state index in [2.05, 4.69) is 25.6 Å². The maximum atomic E-state index is 11.9.